The van der Waals surface area contributed by atoms with Crippen molar-refractivity contribution in [1.82, 2.24) is 4.98 Å². The number of aromatic nitrogens is 1. The molecule has 0 N–H and O–H groups in total. The number of carbonyl (C=O) groups is 3. The van der Waals surface area contributed by atoms with Gasteiger partial charge in [0.1, 0.15) is 5.58 Å². The molecule has 0 bridgehead atoms. The first kappa shape index (κ1) is 22.4. The van der Waals surface area contributed by atoms with Crippen molar-refractivity contribution in [2.75, 3.05) is 16.3 Å². The van der Waals surface area contributed by atoms with Gasteiger partial charge in [-0.1, -0.05) is 41.2 Å². The number of aryl methyl sites for hydroxylation is 2. The Kier molecular flexibility index (Phi) is 4.62. The van der Waals surface area contributed by atoms with Crippen LogP contribution in [0.4, 0.5) is 10.8 Å². The standard InChI is InChI=1S/C27H21N3O5S/c1-5-29-18-9-7-6-8-17(18)27(25(29)34)20-21(32)16-12-13(2)10-11-19(16)35-22(20)24(33)30(27)26-28-14(3)23(36-26)15(4)31/h6-12H,5H2,1-4H3. The monoisotopic (exact) mass is 499 g/mol. The Bertz CT molecular complexity index is 1720. The highest BCUT2D eigenvalue weighted by molar-refractivity contribution is 7.17. The van der Waals surface area contributed by atoms with E-state index in [2.05, 4.69) is 4.98 Å². The molecule has 0 fully saturated rings. The number of para-hydroxylation sites is 1. The lowest BCUT2D eigenvalue weighted by molar-refractivity contribution is -0.121. The van der Waals surface area contributed by atoms with Crippen LogP contribution in [0.1, 0.15) is 56.5 Å². The summed E-state index contributed by atoms with van der Waals surface area (Å²) in [5.41, 5.74) is 0.423. The van der Waals surface area contributed by atoms with Gasteiger partial charge in [-0.3, -0.25) is 24.1 Å². The number of thiazole rings is 1. The number of benzene rings is 2. The summed E-state index contributed by atoms with van der Waals surface area (Å²) in [5.74, 6) is -1.46. The number of fused-ring (bicyclic) bond motifs is 5. The van der Waals surface area contributed by atoms with Gasteiger partial charge in [0.2, 0.25) is 5.76 Å². The van der Waals surface area contributed by atoms with E-state index in [0.717, 1.165) is 16.9 Å². The van der Waals surface area contributed by atoms with Crippen LogP contribution in [0.2, 0.25) is 0 Å². The molecule has 2 aromatic carbocycles. The summed E-state index contributed by atoms with van der Waals surface area (Å²) in [5, 5.41) is 0.456. The molecule has 0 saturated heterocycles. The smallest absolute Gasteiger partial charge is 0.297 e. The van der Waals surface area contributed by atoms with Crippen molar-refractivity contribution in [2.24, 2.45) is 0 Å². The molecule has 180 valence electrons. The largest absolute Gasteiger partial charge is 0.450 e. The molecule has 0 aliphatic carbocycles. The first-order chi connectivity index (χ1) is 17.2. The number of ketones is 1. The number of hydrogen-bond donors (Lipinski definition) is 0. The fourth-order valence-electron chi connectivity index (χ4n) is 5.40. The highest BCUT2D eigenvalue weighted by atomic mass is 32.1. The Morgan fingerprint density at radius 2 is 1.86 bits per heavy atom. The van der Waals surface area contributed by atoms with Crippen LogP contribution in [0.15, 0.2) is 51.7 Å². The first-order valence-electron chi connectivity index (χ1n) is 11.5. The van der Waals surface area contributed by atoms with E-state index >= 15 is 0 Å². The van der Waals surface area contributed by atoms with E-state index in [1.165, 1.54) is 11.8 Å². The zero-order chi connectivity index (χ0) is 25.5. The highest BCUT2D eigenvalue weighted by Gasteiger charge is 2.66. The van der Waals surface area contributed by atoms with Crippen LogP contribution in [0, 0.1) is 13.8 Å². The zero-order valence-corrected chi connectivity index (χ0v) is 20.9. The molecule has 36 heavy (non-hydrogen) atoms. The van der Waals surface area contributed by atoms with Crippen LogP contribution in [0.3, 0.4) is 0 Å². The van der Waals surface area contributed by atoms with Crippen molar-refractivity contribution in [3.8, 4) is 0 Å². The van der Waals surface area contributed by atoms with E-state index in [1.54, 1.807) is 48.2 Å². The lowest BCUT2D eigenvalue weighted by Gasteiger charge is -2.32. The maximum Gasteiger partial charge on any atom is 0.297 e. The van der Waals surface area contributed by atoms with Gasteiger partial charge in [0.05, 0.1) is 27.2 Å². The molecule has 2 amide bonds. The van der Waals surface area contributed by atoms with Gasteiger partial charge in [-0.15, -0.1) is 0 Å². The first-order valence-corrected chi connectivity index (χ1v) is 12.4. The molecular formula is C27H21N3O5S. The molecular weight excluding hydrogens is 478 g/mol. The molecule has 4 heterocycles. The fraction of sp³-hybridized carbons (Fsp3) is 0.222. The lowest BCUT2D eigenvalue weighted by Crippen LogP contribution is -2.53. The summed E-state index contributed by atoms with van der Waals surface area (Å²) in [6.07, 6.45) is 0. The maximum absolute atomic E-state index is 14.4. The predicted molar refractivity (Wildman–Crippen MR) is 136 cm³/mol. The van der Waals surface area contributed by atoms with Gasteiger partial charge >= 0.3 is 0 Å². The minimum atomic E-state index is -1.80. The summed E-state index contributed by atoms with van der Waals surface area (Å²) >= 11 is 1.03. The molecule has 0 saturated carbocycles. The van der Waals surface area contributed by atoms with E-state index in [1.807, 2.05) is 19.9 Å². The zero-order valence-electron chi connectivity index (χ0n) is 20.0. The number of carbonyl (C=O) groups excluding carboxylic acids is 3. The Morgan fingerprint density at radius 3 is 2.56 bits per heavy atom. The molecule has 6 rings (SSSR count). The third-order valence-electron chi connectivity index (χ3n) is 6.89. The average molecular weight is 500 g/mol. The molecule has 8 nitrogen and oxygen atoms in total. The quantitative estimate of drug-likeness (QED) is 0.389. The molecule has 2 aliphatic heterocycles. The van der Waals surface area contributed by atoms with E-state index in [9.17, 15) is 19.2 Å². The summed E-state index contributed by atoms with van der Waals surface area (Å²) in [7, 11) is 0. The van der Waals surface area contributed by atoms with Crippen molar-refractivity contribution >= 4 is 50.7 Å². The summed E-state index contributed by atoms with van der Waals surface area (Å²) in [6.45, 7) is 7.14. The van der Waals surface area contributed by atoms with Crippen LogP contribution >= 0.6 is 11.3 Å². The second-order valence-corrected chi connectivity index (χ2v) is 10.00. The van der Waals surface area contributed by atoms with Gasteiger partial charge in [-0.25, -0.2) is 4.98 Å². The van der Waals surface area contributed by atoms with Crippen LogP contribution < -0.4 is 15.2 Å². The summed E-state index contributed by atoms with van der Waals surface area (Å²) < 4.78 is 6.06. The van der Waals surface area contributed by atoms with Crippen molar-refractivity contribution in [3.05, 3.63) is 85.7 Å². The number of hydrogen-bond acceptors (Lipinski definition) is 7. The third-order valence-corrected chi connectivity index (χ3v) is 8.14. The molecule has 0 radical (unpaired) electrons. The van der Waals surface area contributed by atoms with Crippen LogP contribution in [-0.4, -0.2) is 29.1 Å². The van der Waals surface area contributed by atoms with E-state index in [-0.39, 0.29) is 27.8 Å². The van der Waals surface area contributed by atoms with Gasteiger partial charge < -0.3 is 9.32 Å². The highest BCUT2D eigenvalue weighted by Crippen LogP contribution is 2.54. The van der Waals surface area contributed by atoms with Gasteiger partial charge in [-0.2, -0.15) is 0 Å². The van der Waals surface area contributed by atoms with E-state index < -0.39 is 22.8 Å². The van der Waals surface area contributed by atoms with Crippen molar-refractivity contribution in [1.29, 1.82) is 0 Å². The second-order valence-electron chi connectivity index (χ2n) is 9.02. The molecule has 2 aliphatic rings. The van der Waals surface area contributed by atoms with Crippen LogP contribution in [0.5, 0.6) is 0 Å². The lowest BCUT2D eigenvalue weighted by atomic mass is 9.84. The normalized spacial score (nSPS) is 18.4. The summed E-state index contributed by atoms with van der Waals surface area (Å²) in [4.78, 5) is 62.5. The minimum absolute atomic E-state index is 0.0174. The summed E-state index contributed by atoms with van der Waals surface area (Å²) in [6, 6.07) is 12.3. The van der Waals surface area contributed by atoms with E-state index in [0.29, 0.717) is 33.8 Å². The number of rotatable bonds is 3. The Balaban J connectivity index is 1.78. The minimum Gasteiger partial charge on any atom is -0.450 e. The van der Waals surface area contributed by atoms with Gasteiger partial charge in [-0.05, 0) is 39.0 Å². The molecule has 4 aromatic rings. The molecule has 1 spiro atoms. The van der Waals surface area contributed by atoms with E-state index in [4.69, 9.17) is 4.42 Å². The molecule has 2 aromatic heterocycles. The number of likely N-dealkylation sites (N-methyl/N-ethyl adjacent to an activating group) is 1. The van der Waals surface area contributed by atoms with Crippen LogP contribution in [-0.2, 0) is 10.3 Å². The molecule has 9 heteroatoms. The third kappa shape index (κ3) is 2.60. The topological polar surface area (TPSA) is 101 Å². The Morgan fingerprint density at radius 1 is 1.11 bits per heavy atom. The number of Topliss-reactive ketones (excluding diaryl/α,β-unsaturated/α-hetero) is 1. The number of nitrogens with zero attached hydrogens (tertiary/aromatic N) is 3. The van der Waals surface area contributed by atoms with Crippen LogP contribution in [0.25, 0.3) is 11.0 Å². The van der Waals surface area contributed by atoms with Crippen molar-refractivity contribution in [3.63, 3.8) is 0 Å². The van der Waals surface area contributed by atoms with Gasteiger partial charge in [0.15, 0.2) is 21.9 Å². The van der Waals surface area contributed by atoms with Gasteiger partial charge in [0, 0.05) is 19.0 Å². The predicted octanol–water partition coefficient (Wildman–Crippen LogP) is 4.34. The molecule has 1 atom stereocenters. The molecule has 1 unspecified atom stereocenters. The Labute approximate surface area is 209 Å². The number of amides is 2. The maximum atomic E-state index is 14.4. The fourth-order valence-corrected chi connectivity index (χ4v) is 6.41. The van der Waals surface area contributed by atoms with Crippen molar-refractivity contribution in [2.45, 2.75) is 33.2 Å². The second kappa shape index (κ2) is 7.44. The average Bonchev–Trinajstić information content (AvgIpc) is 3.44. The SMILES string of the molecule is CCN1C(=O)C2(c3ccccc31)c1c(oc3ccc(C)cc3c1=O)C(=O)N2c1nc(C)c(C(C)=O)s1. The number of anilines is 2. The Hall–Kier alpha value is -4.11. The van der Waals surface area contributed by atoms with Gasteiger partial charge in [0.25, 0.3) is 11.8 Å². The van der Waals surface area contributed by atoms with Crippen molar-refractivity contribution < 1.29 is 18.8 Å².